The molecule has 2 rings (SSSR count). The van der Waals surface area contributed by atoms with Crippen molar-refractivity contribution >= 4 is 0 Å². The van der Waals surface area contributed by atoms with Gasteiger partial charge in [-0.2, -0.15) is 0 Å². The molecule has 0 aromatic heterocycles. The van der Waals surface area contributed by atoms with Crippen LogP contribution in [-0.4, -0.2) is 19.3 Å². The number of benzene rings is 1. The van der Waals surface area contributed by atoms with Gasteiger partial charge in [0.25, 0.3) is 0 Å². The van der Waals surface area contributed by atoms with E-state index < -0.39 is 0 Å². The minimum atomic E-state index is 0.426. The maximum Gasteiger partial charge on any atom is 0.0703 e. The van der Waals surface area contributed by atoms with Crippen molar-refractivity contribution in [2.24, 2.45) is 5.92 Å². The average Bonchev–Trinajstić information content (AvgIpc) is 2.88. The highest BCUT2D eigenvalue weighted by Crippen LogP contribution is 2.24. The molecule has 1 heterocycles. The maximum atomic E-state index is 5.87. The lowest BCUT2D eigenvalue weighted by molar-refractivity contribution is 0.105. The van der Waals surface area contributed by atoms with Gasteiger partial charge in [-0.05, 0) is 24.3 Å². The van der Waals surface area contributed by atoms with Gasteiger partial charge in [0, 0.05) is 19.7 Å². The Balaban J connectivity index is 1.57. The molecule has 1 N–H and O–H groups in total. The van der Waals surface area contributed by atoms with Crippen LogP contribution in [0, 0.1) is 5.92 Å². The summed E-state index contributed by atoms with van der Waals surface area (Å²) in [6, 6.07) is 10.6. The van der Waals surface area contributed by atoms with Gasteiger partial charge in [-0.3, -0.25) is 0 Å². The number of rotatable bonds is 8. The van der Waals surface area contributed by atoms with Crippen LogP contribution >= 0.6 is 0 Å². The summed E-state index contributed by atoms with van der Waals surface area (Å²) in [5.74, 6) is 0.801. The fourth-order valence-electron chi connectivity index (χ4n) is 2.78. The number of hydrogen-bond acceptors (Lipinski definition) is 2. The van der Waals surface area contributed by atoms with Gasteiger partial charge in [-0.25, -0.2) is 0 Å². The Morgan fingerprint density at radius 3 is 2.84 bits per heavy atom. The summed E-state index contributed by atoms with van der Waals surface area (Å²) in [7, 11) is 0. The Morgan fingerprint density at radius 2 is 2.05 bits per heavy atom. The lowest BCUT2D eigenvalue weighted by Crippen LogP contribution is -2.25. The zero-order valence-corrected chi connectivity index (χ0v) is 12.1. The second-order valence-electron chi connectivity index (χ2n) is 5.67. The van der Waals surface area contributed by atoms with E-state index in [4.69, 9.17) is 4.74 Å². The number of hydrogen-bond donors (Lipinski definition) is 1. The van der Waals surface area contributed by atoms with Gasteiger partial charge in [-0.1, -0.05) is 56.5 Å². The molecule has 0 amide bonds. The molecule has 19 heavy (non-hydrogen) atoms. The molecule has 2 atom stereocenters. The van der Waals surface area contributed by atoms with Crippen LogP contribution in [-0.2, 0) is 11.3 Å². The molecule has 0 radical (unpaired) electrons. The van der Waals surface area contributed by atoms with Crippen LogP contribution in [0.2, 0.25) is 0 Å². The van der Waals surface area contributed by atoms with Gasteiger partial charge in [-0.15, -0.1) is 0 Å². The highest BCUT2D eigenvalue weighted by atomic mass is 16.5. The molecule has 1 fully saturated rings. The molecule has 2 heteroatoms. The second kappa shape index (κ2) is 8.34. The van der Waals surface area contributed by atoms with Crippen molar-refractivity contribution in [1.82, 2.24) is 5.32 Å². The monoisotopic (exact) mass is 261 g/mol. The Labute approximate surface area is 117 Å². The van der Waals surface area contributed by atoms with E-state index >= 15 is 0 Å². The predicted molar refractivity (Wildman–Crippen MR) is 80.1 cm³/mol. The summed E-state index contributed by atoms with van der Waals surface area (Å²) in [5.41, 5.74) is 1.35. The van der Waals surface area contributed by atoms with E-state index in [1.54, 1.807) is 0 Å². The lowest BCUT2D eigenvalue weighted by Gasteiger charge is -2.11. The van der Waals surface area contributed by atoms with Crippen molar-refractivity contribution in [3.63, 3.8) is 0 Å². The van der Waals surface area contributed by atoms with E-state index in [1.165, 1.54) is 37.7 Å². The number of nitrogens with one attached hydrogen (secondary N) is 1. The summed E-state index contributed by atoms with van der Waals surface area (Å²) in [6.07, 6.45) is 7.07. The first-order valence-electron chi connectivity index (χ1n) is 7.74. The fraction of sp³-hybridized carbons (Fsp3) is 0.647. The SMILES string of the molecule is CCCCCC1COC(CNCc2ccccc2)C1. The molecule has 1 aliphatic heterocycles. The molecule has 1 saturated heterocycles. The smallest absolute Gasteiger partial charge is 0.0703 e. The first-order valence-corrected chi connectivity index (χ1v) is 7.74. The van der Waals surface area contributed by atoms with Crippen molar-refractivity contribution in [3.8, 4) is 0 Å². The van der Waals surface area contributed by atoms with Crippen molar-refractivity contribution in [3.05, 3.63) is 35.9 Å². The zero-order valence-electron chi connectivity index (χ0n) is 12.1. The van der Waals surface area contributed by atoms with Crippen molar-refractivity contribution < 1.29 is 4.74 Å². The Morgan fingerprint density at radius 1 is 1.21 bits per heavy atom. The van der Waals surface area contributed by atoms with E-state index in [-0.39, 0.29) is 0 Å². The average molecular weight is 261 g/mol. The summed E-state index contributed by atoms with van der Waals surface area (Å²) >= 11 is 0. The zero-order chi connectivity index (χ0) is 13.3. The highest BCUT2D eigenvalue weighted by Gasteiger charge is 2.24. The molecule has 0 bridgehead atoms. The van der Waals surface area contributed by atoms with Gasteiger partial charge < -0.3 is 10.1 Å². The van der Waals surface area contributed by atoms with E-state index in [9.17, 15) is 0 Å². The van der Waals surface area contributed by atoms with Gasteiger partial charge in [0.2, 0.25) is 0 Å². The standard InChI is InChI=1S/C17H27NO/c1-2-3-5-10-16-11-17(19-14-16)13-18-12-15-8-6-4-7-9-15/h4,6-9,16-18H,2-3,5,10-14H2,1H3. The fourth-order valence-corrected chi connectivity index (χ4v) is 2.78. The van der Waals surface area contributed by atoms with Gasteiger partial charge in [0.1, 0.15) is 0 Å². The van der Waals surface area contributed by atoms with Gasteiger partial charge in [0.15, 0.2) is 0 Å². The Kier molecular flexibility index (Phi) is 6.38. The highest BCUT2D eigenvalue weighted by molar-refractivity contribution is 5.14. The van der Waals surface area contributed by atoms with E-state index in [0.29, 0.717) is 6.10 Å². The molecular weight excluding hydrogens is 234 g/mol. The number of unbranched alkanes of at least 4 members (excludes halogenated alkanes) is 2. The summed E-state index contributed by atoms with van der Waals surface area (Å²) in [6.45, 7) is 5.17. The summed E-state index contributed by atoms with van der Waals surface area (Å²) in [5, 5.41) is 3.51. The van der Waals surface area contributed by atoms with Crippen molar-refractivity contribution in [2.75, 3.05) is 13.2 Å². The maximum absolute atomic E-state index is 5.87. The third kappa shape index (κ3) is 5.33. The van der Waals surface area contributed by atoms with E-state index in [2.05, 4.69) is 42.6 Å². The molecule has 2 unspecified atom stereocenters. The largest absolute Gasteiger partial charge is 0.377 e. The van der Waals surface area contributed by atoms with Crippen molar-refractivity contribution in [2.45, 2.75) is 51.7 Å². The number of ether oxygens (including phenoxy) is 1. The van der Waals surface area contributed by atoms with Crippen LogP contribution < -0.4 is 5.32 Å². The minimum Gasteiger partial charge on any atom is -0.377 e. The molecule has 106 valence electrons. The lowest BCUT2D eigenvalue weighted by atomic mass is 9.98. The van der Waals surface area contributed by atoms with E-state index in [0.717, 1.165) is 25.6 Å². The van der Waals surface area contributed by atoms with Crippen LogP contribution in [0.1, 0.15) is 44.6 Å². The summed E-state index contributed by atoms with van der Waals surface area (Å²) in [4.78, 5) is 0. The van der Waals surface area contributed by atoms with Crippen LogP contribution in [0.3, 0.4) is 0 Å². The van der Waals surface area contributed by atoms with Crippen LogP contribution in [0.25, 0.3) is 0 Å². The quantitative estimate of drug-likeness (QED) is 0.719. The minimum absolute atomic E-state index is 0.426. The molecule has 1 aromatic rings. The predicted octanol–water partition coefficient (Wildman–Crippen LogP) is 3.76. The van der Waals surface area contributed by atoms with E-state index in [1.807, 2.05) is 0 Å². The molecule has 1 aromatic carbocycles. The van der Waals surface area contributed by atoms with Crippen LogP contribution in [0.5, 0.6) is 0 Å². The van der Waals surface area contributed by atoms with Crippen molar-refractivity contribution in [1.29, 1.82) is 0 Å². The first kappa shape index (κ1) is 14.5. The summed E-state index contributed by atoms with van der Waals surface area (Å²) < 4.78 is 5.87. The molecule has 2 nitrogen and oxygen atoms in total. The molecule has 0 spiro atoms. The van der Waals surface area contributed by atoms with Gasteiger partial charge in [0.05, 0.1) is 6.10 Å². The van der Waals surface area contributed by atoms with Gasteiger partial charge >= 0.3 is 0 Å². The third-order valence-corrected chi connectivity index (χ3v) is 3.92. The Bertz CT molecular complexity index is 338. The topological polar surface area (TPSA) is 21.3 Å². The normalized spacial score (nSPS) is 22.8. The molecular formula is C17H27NO. The molecule has 0 saturated carbocycles. The third-order valence-electron chi connectivity index (χ3n) is 3.92. The van der Waals surface area contributed by atoms with Crippen LogP contribution in [0.15, 0.2) is 30.3 Å². The molecule has 1 aliphatic rings. The second-order valence-corrected chi connectivity index (χ2v) is 5.67. The first-order chi connectivity index (χ1) is 9.38. The van der Waals surface area contributed by atoms with Crippen LogP contribution in [0.4, 0.5) is 0 Å². The Hall–Kier alpha value is -0.860. The molecule has 0 aliphatic carbocycles.